The Hall–Kier alpha value is -2.60. The van der Waals surface area contributed by atoms with Gasteiger partial charge in [0.25, 0.3) is 5.91 Å². The Balaban J connectivity index is 1.20. The zero-order valence-electron chi connectivity index (χ0n) is 15.1. The summed E-state index contributed by atoms with van der Waals surface area (Å²) >= 11 is 1.74. The predicted molar refractivity (Wildman–Crippen MR) is 106 cm³/mol. The van der Waals surface area contributed by atoms with Gasteiger partial charge in [-0.2, -0.15) is 0 Å². The molecule has 0 saturated heterocycles. The number of carbonyl (C=O) groups excluding carboxylic acids is 2. The first-order valence-electron chi connectivity index (χ1n) is 9.24. The van der Waals surface area contributed by atoms with Gasteiger partial charge in [-0.15, -0.1) is 11.3 Å². The van der Waals surface area contributed by atoms with Crippen LogP contribution in [0.2, 0.25) is 0 Å². The quantitative estimate of drug-likeness (QED) is 0.662. The maximum Gasteiger partial charge on any atom is 0.306 e. The summed E-state index contributed by atoms with van der Waals surface area (Å²) in [7, 11) is 0. The highest BCUT2D eigenvalue weighted by atomic mass is 32.1. The monoisotopic (exact) mass is 382 g/mol. The number of aromatic amines is 1. The Bertz CT molecular complexity index is 959. The van der Waals surface area contributed by atoms with E-state index in [1.54, 1.807) is 16.2 Å². The summed E-state index contributed by atoms with van der Waals surface area (Å²) in [5.41, 5.74) is 3.52. The first-order valence-corrected chi connectivity index (χ1v) is 10.1. The van der Waals surface area contributed by atoms with Gasteiger partial charge in [-0.1, -0.05) is 18.2 Å². The lowest BCUT2D eigenvalue weighted by molar-refractivity contribution is -0.152. The molecule has 0 atom stereocenters. The number of aromatic nitrogens is 1. The number of hydrogen-bond acceptors (Lipinski definition) is 4. The number of hydrogen-bond donors (Lipinski definition) is 1. The van der Waals surface area contributed by atoms with Gasteiger partial charge in [-0.25, -0.2) is 0 Å². The highest BCUT2D eigenvalue weighted by Crippen LogP contribution is 2.24. The number of benzene rings is 1. The molecule has 0 saturated carbocycles. The number of fused-ring (bicyclic) bond motifs is 2. The number of amides is 1. The van der Waals surface area contributed by atoms with Gasteiger partial charge in [-0.3, -0.25) is 9.59 Å². The van der Waals surface area contributed by atoms with E-state index in [1.807, 2.05) is 24.4 Å². The number of H-pyrrole nitrogens is 1. The Morgan fingerprint density at radius 1 is 1.22 bits per heavy atom. The van der Waals surface area contributed by atoms with Gasteiger partial charge in [-0.05, 0) is 47.9 Å². The standard InChI is InChI=1S/C21H22N2O3S/c24-20(23-10-8-19-16(13-23)9-11-27-19)14-26-21(25)7-3-4-15-12-22-18-6-2-1-5-17(15)18/h1-2,5-6,9,11-12,22H,3-4,7-8,10,13-14H2. The second kappa shape index (κ2) is 7.96. The van der Waals surface area contributed by atoms with Gasteiger partial charge in [0.05, 0.1) is 0 Å². The number of para-hydroxylation sites is 1. The normalized spacial score (nSPS) is 13.6. The number of nitrogens with zero attached hydrogens (tertiary/aromatic N) is 1. The molecule has 0 spiro atoms. The third-order valence-electron chi connectivity index (χ3n) is 5.02. The fraction of sp³-hybridized carbons (Fsp3) is 0.333. The number of aryl methyl sites for hydroxylation is 1. The van der Waals surface area contributed by atoms with E-state index < -0.39 is 0 Å². The number of rotatable bonds is 6. The van der Waals surface area contributed by atoms with Gasteiger partial charge in [0.1, 0.15) is 0 Å². The number of carbonyl (C=O) groups is 2. The van der Waals surface area contributed by atoms with Crippen molar-refractivity contribution in [1.29, 1.82) is 0 Å². The van der Waals surface area contributed by atoms with Gasteiger partial charge in [0.15, 0.2) is 6.61 Å². The highest BCUT2D eigenvalue weighted by molar-refractivity contribution is 7.10. The smallest absolute Gasteiger partial charge is 0.306 e. The minimum Gasteiger partial charge on any atom is -0.456 e. The van der Waals surface area contributed by atoms with Crippen LogP contribution in [0.15, 0.2) is 41.9 Å². The van der Waals surface area contributed by atoms with Crippen LogP contribution in [0, 0.1) is 0 Å². The summed E-state index contributed by atoms with van der Waals surface area (Å²) in [6.07, 6.45) is 4.71. The van der Waals surface area contributed by atoms with Crippen molar-refractivity contribution >= 4 is 34.1 Å². The van der Waals surface area contributed by atoms with E-state index in [0.717, 1.165) is 18.4 Å². The Kier molecular flexibility index (Phi) is 5.25. The van der Waals surface area contributed by atoms with Gasteiger partial charge < -0.3 is 14.6 Å². The largest absolute Gasteiger partial charge is 0.456 e. The predicted octanol–water partition coefficient (Wildman–Crippen LogP) is 3.68. The third-order valence-corrected chi connectivity index (χ3v) is 6.04. The summed E-state index contributed by atoms with van der Waals surface area (Å²) in [5, 5.41) is 3.26. The molecule has 1 aliphatic heterocycles. The van der Waals surface area contributed by atoms with Crippen LogP contribution in [-0.2, 0) is 33.7 Å². The minimum atomic E-state index is -0.309. The van der Waals surface area contributed by atoms with E-state index in [1.165, 1.54) is 21.4 Å². The SMILES string of the molecule is O=C(CCCc1c[nH]c2ccccc12)OCC(=O)N1CCc2sccc2C1. The molecule has 0 radical (unpaired) electrons. The van der Waals surface area contributed by atoms with E-state index >= 15 is 0 Å². The maximum absolute atomic E-state index is 12.3. The van der Waals surface area contributed by atoms with Crippen molar-refractivity contribution in [2.45, 2.75) is 32.2 Å². The van der Waals surface area contributed by atoms with Crippen molar-refractivity contribution in [2.24, 2.45) is 0 Å². The zero-order valence-corrected chi connectivity index (χ0v) is 15.9. The number of esters is 1. The van der Waals surface area contributed by atoms with Crippen LogP contribution in [-0.4, -0.2) is 34.9 Å². The highest BCUT2D eigenvalue weighted by Gasteiger charge is 2.22. The number of ether oxygens (including phenoxy) is 1. The van der Waals surface area contributed by atoms with Crippen molar-refractivity contribution in [3.8, 4) is 0 Å². The van der Waals surface area contributed by atoms with Crippen LogP contribution in [0.3, 0.4) is 0 Å². The third kappa shape index (κ3) is 4.06. The van der Waals surface area contributed by atoms with Crippen LogP contribution in [0.25, 0.3) is 10.9 Å². The Labute approximate surface area is 161 Å². The average molecular weight is 382 g/mol. The van der Waals surface area contributed by atoms with Crippen LogP contribution in [0.5, 0.6) is 0 Å². The summed E-state index contributed by atoms with van der Waals surface area (Å²) in [6.45, 7) is 1.16. The van der Waals surface area contributed by atoms with Gasteiger partial charge >= 0.3 is 5.97 Å². The van der Waals surface area contributed by atoms with Crippen molar-refractivity contribution in [3.63, 3.8) is 0 Å². The van der Waals surface area contributed by atoms with Crippen molar-refractivity contribution in [2.75, 3.05) is 13.2 Å². The van der Waals surface area contributed by atoms with Crippen LogP contribution < -0.4 is 0 Å². The molecule has 6 heteroatoms. The molecule has 1 aromatic carbocycles. The second-order valence-electron chi connectivity index (χ2n) is 6.81. The molecule has 0 unspecified atom stereocenters. The summed E-state index contributed by atoms with van der Waals surface area (Å²) < 4.78 is 5.20. The molecule has 1 aliphatic rings. The average Bonchev–Trinajstić information content (AvgIpc) is 3.32. The van der Waals surface area contributed by atoms with E-state index in [0.29, 0.717) is 25.9 Å². The van der Waals surface area contributed by atoms with Gasteiger partial charge in [0.2, 0.25) is 0 Å². The number of thiophene rings is 1. The zero-order chi connectivity index (χ0) is 18.6. The molecule has 4 rings (SSSR count). The lowest BCUT2D eigenvalue weighted by Gasteiger charge is -2.26. The molecule has 5 nitrogen and oxygen atoms in total. The summed E-state index contributed by atoms with van der Waals surface area (Å²) in [6, 6.07) is 10.2. The Morgan fingerprint density at radius 3 is 3.04 bits per heavy atom. The lowest BCUT2D eigenvalue weighted by atomic mass is 10.1. The van der Waals surface area contributed by atoms with E-state index in [-0.39, 0.29) is 18.5 Å². The molecule has 1 N–H and O–H groups in total. The van der Waals surface area contributed by atoms with Crippen LogP contribution in [0.4, 0.5) is 0 Å². The molecule has 0 bridgehead atoms. The minimum absolute atomic E-state index is 0.114. The second-order valence-corrected chi connectivity index (χ2v) is 7.81. The Morgan fingerprint density at radius 2 is 2.11 bits per heavy atom. The molecule has 3 aromatic rings. The molecule has 27 heavy (non-hydrogen) atoms. The fourth-order valence-electron chi connectivity index (χ4n) is 3.53. The molecular weight excluding hydrogens is 360 g/mol. The number of nitrogens with one attached hydrogen (secondary N) is 1. The van der Waals surface area contributed by atoms with Gasteiger partial charge in [0, 0.05) is 41.5 Å². The first-order chi connectivity index (χ1) is 13.2. The summed E-state index contributed by atoms with van der Waals surface area (Å²) in [4.78, 5) is 30.6. The molecule has 2 aromatic heterocycles. The van der Waals surface area contributed by atoms with Crippen molar-refractivity contribution in [3.05, 3.63) is 57.9 Å². The molecule has 140 valence electrons. The molecule has 0 aliphatic carbocycles. The van der Waals surface area contributed by atoms with E-state index in [2.05, 4.69) is 22.5 Å². The molecule has 1 amide bonds. The topological polar surface area (TPSA) is 62.4 Å². The van der Waals surface area contributed by atoms with E-state index in [9.17, 15) is 9.59 Å². The molecule has 0 fully saturated rings. The van der Waals surface area contributed by atoms with E-state index in [4.69, 9.17) is 4.74 Å². The molecular formula is C21H22N2O3S. The van der Waals surface area contributed by atoms with Crippen molar-refractivity contribution < 1.29 is 14.3 Å². The molecule has 3 heterocycles. The summed E-state index contributed by atoms with van der Waals surface area (Å²) in [5.74, 6) is -0.423. The lowest BCUT2D eigenvalue weighted by Crippen LogP contribution is -2.38. The van der Waals surface area contributed by atoms with Crippen LogP contribution in [0.1, 0.15) is 28.8 Å². The fourth-order valence-corrected chi connectivity index (χ4v) is 4.42. The first kappa shape index (κ1) is 17.8. The van der Waals surface area contributed by atoms with Crippen LogP contribution >= 0.6 is 11.3 Å². The maximum atomic E-state index is 12.3. The van der Waals surface area contributed by atoms with Crippen molar-refractivity contribution in [1.82, 2.24) is 9.88 Å².